The fourth-order valence-corrected chi connectivity index (χ4v) is 3.43. The number of amides is 1. The van der Waals surface area contributed by atoms with E-state index in [4.69, 9.17) is 0 Å². The van der Waals surface area contributed by atoms with Gasteiger partial charge in [-0.15, -0.1) is 0 Å². The van der Waals surface area contributed by atoms with Gasteiger partial charge in [0.05, 0.1) is 17.4 Å². The molecule has 176 valence electrons. The maximum Gasteiger partial charge on any atom is 0.408 e. The lowest BCUT2D eigenvalue weighted by molar-refractivity contribution is -0.142. The van der Waals surface area contributed by atoms with Crippen molar-refractivity contribution in [3.05, 3.63) is 42.1 Å². The summed E-state index contributed by atoms with van der Waals surface area (Å²) in [4.78, 5) is 21.2. The zero-order valence-electron chi connectivity index (χ0n) is 16.7. The molecule has 0 spiro atoms. The Morgan fingerprint density at radius 3 is 2.70 bits per heavy atom. The van der Waals surface area contributed by atoms with Crippen LogP contribution in [0.5, 0.6) is 0 Å². The van der Waals surface area contributed by atoms with Gasteiger partial charge >= 0.3 is 6.18 Å². The maximum atomic E-state index is 13.8. The molecule has 1 saturated heterocycles. The number of aliphatic hydroxyl groups excluding tert-OH is 1. The Kier molecular flexibility index (Phi) is 5.64. The monoisotopic (exact) mass is 474 g/mol. The number of carbonyl (C=O) groups excluding carboxylic acids is 1. The predicted octanol–water partition coefficient (Wildman–Crippen LogP) is 3.11. The van der Waals surface area contributed by atoms with Crippen molar-refractivity contribution in [3.63, 3.8) is 0 Å². The van der Waals surface area contributed by atoms with Crippen molar-refractivity contribution in [1.82, 2.24) is 24.6 Å². The Morgan fingerprint density at radius 1 is 1.27 bits per heavy atom. The number of pyridine rings is 2. The van der Waals surface area contributed by atoms with Gasteiger partial charge in [-0.25, -0.2) is 18.2 Å². The number of rotatable bonds is 4. The highest BCUT2D eigenvalue weighted by Crippen LogP contribution is 2.30. The molecule has 14 heteroatoms. The predicted molar refractivity (Wildman–Crippen MR) is 103 cm³/mol. The zero-order valence-corrected chi connectivity index (χ0v) is 16.7. The van der Waals surface area contributed by atoms with Crippen molar-refractivity contribution in [2.45, 2.75) is 31.2 Å². The lowest BCUT2D eigenvalue weighted by Crippen LogP contribution is -2.53. The highest BCUT2D eigenvalue weighted by atomic mass is 19.4. The molecule has 1 fully saturated rings. The van der Waals surface area contributed by atoms with E-state index in [1.165, 1.54) is 0 Å². The van der Waals surface area contributed by atoms with E-state index in [9.17, 15) is 36.2 Å². The fraction of sp³-hybridized carbons (Fsp3) is 0.368. The van der Waals surface area contributed by atoms with Crippen molar-refractivity contribution in [1.29, 1.82) is 0 Å². The summed E-state index contributed by atoms with van der Waals surface area (Å²) in [5, 5.41) is 15.9. The van der Waals surface area contributed by atoms with E-state index in [1.54, 1.807) is 0 Å². The van der Waals surface area contributed by atoms with Crippen LogP contribution in [0.25, 0.3) is 10.9 Å². The topological polar surface area (TPSA) is 96.2 Å². The van der Waals surface area contributed by atoms with Crippen LogP contribution in [0, 0.1) is 5.82 Å². The summed E-state index contributed by atoms with van der Waals surface area (Å²) >= 11 is 0. The van der Waals surface area contributed by atoms with Crippen LogP contribution in [-0.2, 0) is 6.54 Å². The van der Waals surface area contributed by atoms with Gasteiger partial charge in [0.1, 0.15) is 30.0 Å². The minimum absolute atomic E-state index is 0.0252. The highest BCUT2D eigenvalue weighted by Gasteiger charge is 2.45. The molecule has 3 aromatic rings. The number of likely N-dealkylation sites (tertiary alicyclic amines) is 1. The lowest BCUT2D eigenvalue weighted by Gasteiger charge is -2.35. The van der Waals surface area contributed by atoms with Crippen molar-refractivity contribution in [2.75, 3.05) is 18.4 Å². The summed E-state index contributed by atoms with van der Waals surface area (Å²) in [5.41, 5.74) is -0.512. The van der Waals surface area contributed by atoms with Gasteiger partial charge in [-0.3, -0.25) is 14.5 Å². The zero-order chi connectivity index (χ0) is 24.0. The molecule has 1 aliphatic heterocycles. The molecular weight excluding hydrogens is 458 g/mol. The van der Waals surface area contributed by atoms with E-state index in [0.717, 1.165) is 35.5 Å². The van der Waals surface area contributed by atoms with Gasteiger partial charge in [0.25, 0.3) is 11.8 Å². The number of nitrogens with zero attached hydrogens (tertiary/aromatic N) is 5. The van der Waals surface area contributed by atoms with Gasteiger partial charge in [-0.1, -0.05) is 0 Å². The largest absolute Gasteiger partial charge is 0.408 e. The Labute approximate surface area is 181 Å². The number of hydrogen-bond acceptors (Lipinski definition) is 6. The Bertz CT molecular complexity index is 1200. The van der Waals surface area contributed by atoms with Crippen molar-refractivity contribution >= 4 is 28.4 Å². The summed E-state index contributed by atoms with van der Waals surface area (Å²) in [6.07, 6.45) is -4.70. The van der Waals surface area contributed by atoms with Crippen LogP contribution < -0.4 is 5.32 Å². The third-order valence-electron chi connectivity index (χ3n) is 5.00. The van der Waals surface area contributed by atoms with Gasteiger partial charge in [0.15, 0.2) is 5.82 Å². The smallest absolute Gasteiger partial charge is 0.387 e. The average Bonchev–Trinajstić information content (AvgIpc) is 3.04. The van der Waals surface area contributed by atoms with Gasteiger partial charge in [0.2, 0.25) is 0 Å². The molecule has 0 aliphatic carbocycles. The molecule has 2 N–H and O–H groups in total. The number of halogens is 6. The quantitative estimate of drug-likeness (QED) is 0.565. The Hall–Kier alpha value is -3.42. The van der Waals surface area contributed by atoms with Gasteiger partial charge in [-0.2, -0.15) is 18.3 Å². The molecule has 33 heavy (non-hydrogen) atoms. The molecule has 1 unspecified atom stereocenters. The van der Waals surface area contributed by atoms with E-state index in [1.807, 2.05) is 0 Å². The standard InChI is InChI=1S/C19H16F6N6O2/c20-10-1-3-26-15(5-10)28-16-11-7-27-12(6-13(11)31(29-16)9-19(23,24)25)17(33)30-4-2-14(32)18(21,22)8-30/h1,3,5-7,14,32H,2,4,8-9H2,(H,26,28,29). The third-order valence-corrected chi connectivity index (χ3v) is 5.00. The first-order valence-corrected chi connectivity index (χ1v) is 9.60. The summed E-state index contributed by atoms with van der Waals surface area (Å²) in [5.74, 6) is -5.23. The Morgan fingerprint density at radius 2 is 2.03 bits per heavy atom. The average molecular weight is 474 g/mol. The van der Waals surface area contributed by atoms with E-state index in [-0.39, 0.29) is 41.2 Å². The van der Waals surface area contributed by atoms with Crippen LogP contribution in [0.2, 0.25) is 0 Å². The molecule has 0 bridgehead atoms. The first-order chi connectivity index (χ1) is 15.4. The first kappa shape index (κ1) is 22.8. The number of hydrogen-bond donors (Lipinski definition) is 2. The van der Waals surface area contributed by atoms with E-state index in [0.29, 0.717) is 4.68 Å². The fourth-order valence-electron chi connectivity index (χ4n) is 3.43. The normalized spacial score (nSPS) is 18.5. The summed E-state index contributed by atoms with van der Waals surface area (Å²) in [6.45, 7) is -2.73. The number of aliphatic hydroxyl groups is 1. The minimum Gasteiger partial charge on any atom is -0.387 e. The molecule has 0 radical (unpaired) electrons. The van der Waals surface area contributed by atoms with Gasteiger partial charge < -0.3 is 15.3 Å². The van der Waals surface area contributed by atoms with E-state index in [2.05, 4.69) is 20.4 Å². The molecule has 1 amide bonds. The summed E-state index contributed by atoms with van der Waals surface area (Å²) in [6, 6.07) is 3.10. The molecule has 0 aromatic carbocycles. The number of alkyl halides is 5. The second-order valence-electron chi connectivity index (χ2n) is 7.48. The number of piperidine rings is 1. The summed E-state index contributed by atoms with van der Waals surface area (Å²) < 4.78 is 80.9. The van der Waals surface area contributed by atoms with Gasteiger partial charge in [0, 0.05) is 25.0 Å². The van der Waals surface area contributed by atoms with E-state index >= 15 is 0 Å². The molecule has 3 aromatic heterocycles. The lowest BCUT2D eigenvalue weighted by atomic mass is 10.0. The highest BCUT2D eigenvalue weighted by molar-refractivity contribution is 5.98. The molecule has 8 nitrogen and oxygen atoms in total. The SMILES string of the molecule is O=C(c1cc2c(cn1)c(Nc1cc(F)ccn1)nn2CC(F)(F)F)N1CCC(O)C(F)(F)C1. The first-order valence-electron chi connectivity index (χ1n) is 9.60. The van der Waals surface area contributed by atoms with Crippen LogP contribution in [0.1, 0.15) is 16.9 Å². The van der Waals surface area contributed by atoms with Crippen LogP contribution in [0.3, 0.4) is 0 Å². The molecular formula is C19H16F6N6O2. The summed E-state index contributed by atoms with van der Waals surface area (Å²) in [7, 11) is 0. The number of fused-ring (bicyclic) bond motifs is 1. The molecule has 4 rings (SSSR count). The number of nitrogens with one attached hydrogen (secondary N) is 1. The van der Waals surface area contributed by atoms with Crippen LogP contribution in [0.4, 0.5) is 38.0 Å². The molecule has 0 saturated carbocycles. The maximum absolute atomic E-state index is 13.8. The second kappa shape index (κ2) is 8.17. The molecule has 1 atom stereocenters. The second-order valence-corrected chi connectivity index (χ2v) is 7.48. The number of aromatic nitrogens is 4. The molecule has 1 aliphatic rings. The van der Waals surface area contributed by atoms with Crippen molar-refractivity contribution in [3.8, 4) is 0 Å². The number of carbonyl (C=O) groups is 1. The van der Waals surface area contributed by atoms with Crippen LogP contribution >= 0.6 is 0 Å². The van der Waals surface area contributed by atoms with Crippen molar-refractivity contribution in [2.24, 2.45) is 0 Å². The third kappa shape index (κ3) is 4.84. The number of anilines is 2. The van der Waals surface area contributed by atoms with Crippen LogP contribution in [-0.4, -0.2) is 67.0 Å². The van der Waals surface area contributed by atoms with Gasteiger partial charge in [-0.05, 0) is 18.6 Å². The Balaban J connectivity index is 1.71. The molecule has 4 heterocycles. The van der Waals surface area contributed by atoms with E-state index < -0.39 is 43.0 Å². The van der Waals surface area contributed by atoms with Crippen molar-refractivity contribution < 1.29 is 36.2 Å². The van der Waals surface area contributed by atoms with Crippen LogP contribution in [0.15, 0.2) is 30.6 Å². The minimum atomic E-state index is -4.66.